The zero-order chi connectivity index (χ0) is 19.6. The van der Waals surface area contributed by atoms with Crippen molar-refractivity contribution in [2.75, 3.05) is 0 Å². The zero-order valence-corrected chi connectivity index (χ0v) is 15.5. The molecule has 3 rings (SSSR count). The van der Waals surface area contributed by atoms with E-state index in [4.69, 9.17) is 0 Å². The molecule has 27 heavy (non-hydrogen) atoms. The highest BCUT2D eigenvalue weighted by atomic mass is 19.1. The van der Waals surface area contributed by atoms with Crippen LogP contribution in [0.5, 0.6) is 0 Å². The summed E-state index contributed by atoms with van der Waals surface area (Å²) in [7, 11) is 0. The molecule has 0 spiro atoms. The van der Waals surface area contributed by atoms with Crippen molar-refractivity contribution in [3.63, 3.8) is 0 Å². The van der Waals surface area contributed by atoms with Gasteiger partial charge in [0, 0.05) is 16.8 Å². The maximum atomic E-state index is 13.9. The van der Waals surface area contributed by atoms with Crippen molar-refractivity contribution in [2.24, 2.45) is 0 Å². The fraction of sp³-hybridized carbons (Fsp3) is 0.238. The average molecular weight is 369 g/mol. The molecule has 1 atom stereocenters. The fourth-order valence-electron chi connectivity index (χ4n) is 3.12. The van der Waals surface area contributed by atoms with Crippen molar-refractivity contribution < 1.29 is 13.6 Å². The van der Waals surface area contributed by atoms with Crippen LogP contribution in [0.1, 0.15) is 35.5 Å². The van der Waals surface area contributed by atoms with E-state index < -0.39 is 6.04 Å². The highest BCUT2D eigenvalue weighted by molar-refractivity contribution is 5.79. The topological polar surface area (TPSA) is 46.9 Å². The Kier molecular flexibility index (Phi) is 5.35. The minimum absolute atomic E-state index is 0.137. The molecule has 6 heteroatoms. The number of benzene rings is 2. The third kappa shape index (κ3) is 4.05. The first-order chi connectivity index (χ1) is 12.9. The largest absolute Gasteiger partial charge is 0.349 e. The Morgan fingerprint density at radius 3 is 2.44 bits per heavy atom. The maximum absolute atomic E-state index is 13.9. The summed E-state index contributed by atoms with van der Waals surface area (Å²) in [5.41, 5.74) is 3.51. The second-order valence-electron chi connectivity index (χ2n) is 6.53. The number of rotatable bonds is 5. The van der Waals surface area contributed by atoms with Crippen LogP contribution in [0.3, 0.4) is 0 Å². The van der Waals surface area contributed by atoms with Gasteiger partial charge < -0.3 is 5.32 Å². The molecule has 1 amide bonds. The lowest BCUT2D eigenvalue weighted by molar-refractivity contribution is -0.121. The molecule has 1 aromatic heterocycles. The molecule has 0 aliphatic heterocycles. The molecule has 1 unspecified atom stereocenters. The van der Waals surface area contributed by atoms with Gasteiger partial charge in [-0.25, -0.2) is 13.5 Å². The molecule has 0 bridgehead atoms. The average Bonchev–Trinajstić information content (AvgIpc) is 2.91. The molecule has 1 heterocycles. The van der Waals surface area contributed by atoms with Crippen molar-refractivity contribution in [1.29, 1.82) is 0 Å². The molecule has 140 valence electrons. The Morgan fingerprint density at radius 1 is 1.11 bits per heavy atom. The van der Waals surface area contributed by atoms with E-state index in [1.807, 2.05) is 13.8 Å². The highest BCUT2D eigenvalue weighted by Crippen LogP contribution is 2.20. The van der Waals surface area contributed by atoms with Crippen molar-refractivity contribution in [1.82, 2.24) is 15.1 Å². The summed E-state index contributed by atoms with van der Waals surface area (Å²) in [6.45, 7) is 5.44. The van der Waals surface area contributed by atoms with Gasteiger partial charge in [0.1, 0.15) is 11.6 Å². The molecule has 0 fully saturated rings. The first kappa shape index (κ1) is 18.8. The third-order valence-corrected chi connectivity index (χ3v) is 4.60. The molecule has 2 aromatic carbocycles. The summed E-state index contributed by atoms with van der Waals surface area (Å²) in [5.74, 6) is -0.876. The minimum atomic E-state index is -0.438. The predicted octanol–water partition coefficient (Wildman–Crippen LogP) is 4.19. The third-order valence-electron chi connectivity index (χ3n) is 4.60. The summed E-state index contributed by atoms with van der Waals surface area (Å²) >= 11 is 0. The molecule has 1 N–H and O–H groups in total. The van der Waals surface area contributed by atoms with E-state index in [1.165, 1.54) is 18.2 Å². The van der Waals surface area contributed by atoms with Gasteiger partial charge in [-0.3, -0.25) is 4.79 Å². The summed E-state index contributed by atoms with van der Waals surface area (Å²) in [4.78, 5) is 12.5. The summed E-state index contributed by atoms with van der Waals surface area (Å²) in [5, 5.41) is 7.30. The van der Waals surface area contributed by atoms with Gasteiger partial charge >= 0.3 is 0 Å². The summed E-state index contributed by atoms with van der Waals surface area (Å²) < 4.78 is 28.7. The van der Waals surface area contributed by atoms with Gasteiger partial charge in [0.05, 0.1) is 23.8 Å². The second kappa shape index (κ2) is 7.70. The summed E-state index contributed by atoms with van der Waals surface area (Å²) in [6, 6.07) is 12.0. The predicted molar refractivity (Wildman–Crippen MR) is 99.7 cm³/mol. The minimum Gasteiger partial charge on any atom is -0.349 e. The van der Waals surface area contributed by atoms with Crippen LogP contribution >= 0.6 is 0 Å². The maximum Gasteiger partial charge on any atom is 0.225 e. The van der Waals surface area contributed by atoms with Crippen LogP contribution in [0, 0.1) is 25.5 Å². The molecular formula is C21H21F2N3O. The molecule has 4 nitrogen and oxygen atoms in total. The van der Waals surface area contributed by atoms with E-state index in [9.17, 15) is 13.6 Å². The van der Waals surface area contributed by atoms with E-state index in [2.05, 4.69) is 10.4 Å². The number of halogens is 2. The smallest absolute Gasteiger partial charge is 0.225 e. The number of aryl methyl sites for hydroxylation is 1. The van der Waals surface area contributed by atoms with Crippen molar-refractivity contribution >= 4 is 5.91 Å². The van der Waals surface area contributed by atoms with Crippen molar-refractivity contribution in [2.45, 2.75) is 33.2 Å². The normalized spacial score (nSPS) is 12.0. The van der Waals surface area contributed by atoms with E-state index in [0.29, 0.717) is 5.56 Å². The number of aromatic nitrogens is 2. The molecular weight excluding hydrogens is 348 g/mol. The monoisotopic (exact) mass is 369 g/mol. The Labute approximate surface area is 156 Å². The van der Waals surface area contributed by atoms with E-state index in [-0.39, 0.29) is 24.0 Å². The number of hydrogen-bond acceptors (Lipinski definition) is 2. The quantitative estimate of drug-likeness (QED) is 0.733. The van der Waals surface area contributed by atoms with Crippen LogP contribution in [0.4, 0.5) is 8.78 Å². The van der Waals surface area contributed by atoms with Crippen LogP contribution in [0.2, 0.25) is 0 Å². The van der Waals surface area contributed by atoms with Gasteiger partial charge in [-0.1, -0.05) is 18.2 Å². The molecule has 0 saturated carbocycles. The van der Waals surface area contributed by atoms with Crippen LogP contribution in [0.25, 0.3) is 5.69 Å². The molecule has 0 radical (unpaired) electrons. The lowest BCUT2D eigenvalue weighted by Gasteiger charge is -2.15. The van der Waals surface area contributed by atoms with E-state index in [0.717, 1.165) is 22.6 Å². The Balaban J connectivity index is 1.76. The molecule has 3 aromatic rings. The van der Waals surface area contributed by atoms with Gasteiger partial charge in [-0.15, -0.1) is 0 Å². The van der Waals surface area contributed by atoms with Crippen LogP contribution < -0.4 is 5.32 Å². The van der Waals surface area contributed by atoms with Gasteiger partial charge in [-0.05, 0) is 51.1 Å². The van der Waals surface area contributed by atoms with Gasteiger partial charge in [0.15, 0.2) is 0 Å². The number of carbonyl (C=O) groups is 1. The summed E-state index contributed by atoms with van der Waals surface area (Å²) in [6.07, 6.45) is 0.137. The zero-order valence-electron chi connectivity index (χ0n) is 15.5. The standard InChI is InChI=1S/C21H21F2N3O/c1-13(18-6-4-5-7-20(18)23)24-21(27)12-19-14(2)25-26(15(19)3)17-10-8-16(22)9-11-17/h4-11,13H,12H2,1-3H3,(H,24,27). The van der Waals surface area contributed by atoms with Gasteiger partial charge in [0.25, 0.3) is 0 Å². The first-order valence-corrected chi connectivity index (χ1v) is 8.71. The fourth-order valence-corrected chi connectivity index (χ4v) is 3.12. The van der Waals surface area contributed by atoms with Crippen LogP contribution in [-0.4, -0.2) is 15.7 Å². The van der Waals surface area contributed by atoms with Crippen LogP contribution in [0.15, 0.2) is 48.5 Å². The second-order valence-corrected chi connectivity index (χ2v) is 6.53. The van der Waals surface area contributed by atoms with E-state index in [1.54, 1.807) is 41.9 Å². The van der Waals surface area contributed by atoms with Gasteiger partial charge in [0.2, 0.25) is 5.91 Å². The lowest BCUT2D eigenvalue weighted by Crippen LogP contribution is -2.29. The SMILES string of the molecule is Cc1nn(-c2ccc(F)cc2)c(C)c1CC(=O)NC(C)c1ccccc1F. The number of hydrogen-bond donors (Lipinski definition) is 1. The Hall–Kier alpha value is -3.02. The van der Waals surface area contributed by atoms with E-state index >= 15 is 0 Å². The Bertz CT molecular complexity index is 964. The lowest BCUT2D eigenvalue weighted by atomic mass is 10.1. The highest BCUT2D eigenvalue weighted by Gasteiger charge is 2.18. The number of nitrogens with zero attached hydrogens (tertiary/aromatic N) is 2. The molecule has 0 saturated heterocycles. The van der Waals surface area contributed by atoms with Gasteiger partial charge in [-0.2, -0.15) is 5.10 Å². The molecule has 0 aliphatic carbocycles. The first-order valence-electron chi connectivity index (χ1n) is 8.71. The van der Waals surface area contributed by atoms with Crippen molar-refractivity contribution in [3.05, 3.63) is 82.7 Å². The number of amides is 1. The Morgan fingerprint density at radius 2 is 1.78 bits per heavy atom. The van der Waals surface area contributed by atoms with Crippen LogP contribution in [-0.2, 0) is 11.2 Å². The number of carbonyl (C=O) groups excluding carboxylic acids is 1. The number of nitrogens with one attached hydrogen (secondary N) is 1. The van der Waals surface area contributed by atoms with Crippen molar-refractivity contribution in [3.8, 4) is 5.69 Å². The molecule has 0 aliphatic rings.